The minimum Gasteiger partial charge on any atom is -0.497 e. The fraction of sp³-hybridized carbons (Fsp3) is 0.333. The maximum atomic E-state index is 12.1. The normalized spacial score (nSPS) is 18.1. The molecule has 3 N–H and O–H groups in total. The number of carbonyl (C=O) groups is 2. The zero-order valence-corrected chi connectivity index (χ0v) is 11.4. The van der Waals surface area contributed by atoms with Gasteiger partial charge in [0, 0.05) is 17.2 Å². The molecule has 1 aromatic rings. The first kappa shape index (κ1) is 14.1. The third kappa shape index (κ3) is 3.38. The lowest BCUT2D eigenvalue weighted by atomic mass is 9.95. The van der Waals surface area contributed by atoms with Crippen LogP contribution in [0.25, 0.3) is 0 Å². The number of methoxy groups -OCH3 is 1. The van der Waals surface area contributed by atoms with E-state index in [0.717, 1.165) is 12.8 Å². The van der Waals surface area contributed by atoms with E-state index >= 15 is 0 Å². The van der Waals surface area contributed by atoms with E-state index in [2.05, 4.69) is 5.32 Å². The predicted molar refractivity (Wildman–Crippen MR) is 75.4 cm³/mol. The summed E-state index contributed by atoms with van der Waals surface area (Å²) in [4.78, 5) is 23.2. The summed E-state index contributed by atoms with van der Waals surface area (Å²) in [6, 6.07) is 6.74. The van der Waals surface area contributed by atoms with Gasteiger partial charge in [0.05, 0.1) is 7.11 Å². The third-order valence-corrected chi connectivity index (χ3v) is 3.35. The van der Waals surface area contributed by atoms with Gasteiger partial charge in [0.25, 0.3) is 5.91 Å². The second-order valence-corrected chi connectivity index (χ2v) is 4.76. The summed E-state index contributed by atoms with van der Waals surface area (Å²) in [5, 5.41) is 2.89. The van der Waals surface area contributed by atoms with Crippen molar-refractivity contribution in [3.05, 3.63) is 41.5 Å². The van der Waals surface area contributed by atoms with Crippen molar-refractivity contribution in [3.8, 4) is 5.75 Å². The topological polar surface area (TPSA) is 81.4 Å². The summed E-state index contributed by atoms with van der Waals surface area (Å²) in [6.45, 7) is 0. The van der Waals surface area contributed by atoms with Crippen molar-refractivity contribution in [1.82, 2.24) is 5.32 Å². The first-order valence-electron chi connectivity index (χ1n) is 6.55. The molecule has 1 aliphatic carbocycles. The Morgan fingerprint density at radius 2 is 2.00 bits per heavy atom. The molecule has 0 saturated carbocycles. The average molecular weight is 274 g/mol. The second-order valence-electron chi connectivity index (χ2n) is 4.76. The Morgan fingerprint density at radius 3 is 2.60 bits per heavy atom. The van der Waals surface area contributed by atoms with Gasteiger partial charge in [0.1, 0.15) is 5.75 Å². The molecule has 0 saturated heterocycles. The Kier molecular flexibility index (Phi) is 4.40. The third-order valence-electron chi connectivity index (χ3n) is 3.35. The van der Waals surface area contributed by atoms with Gasteiger partial charge in [-0.2, -0.15) is 0 Å². The number of carbonyl (C=O) groups excluding carboxylic acids is 2. The van der Waals surface area contributed by atoms with Gasteiger partial charge in [-0.1, -0.05) is 6.08 Å². The molecule has 2 rings (SSSR count). The van der Waals surface area contributed by atoms with Crippen molar-refractivity contribution >= 4 is 11.8 Å². The molecule has 0 fully saturated rings. The maximum absolute atomic E-state index is 12.1. The smallest absolute Gasteiger partial charge is 0.251 e. The molecule has 0 spiro atoms. The van der Waals surface area contributed by atoms with E-state index in [9.17, 15) is 9.59 Å². The highest BCUT2D eigenvalue weighted by molar-refractivity contribution is 5.95. The van der Waals surface area contributed by atoms with Gasteiger partial charge in [0.15, 0.2) is 0 Å². The van der Waals surface area contributed by atoms with Crippen molar-refractivity contribution in [3.63, 3.8) is 0 Å². The lowest BCUT2D eigenvalue weighted by Crippen LogP contribution is -2.36. The number of hydrogen-bond acceptors (Lipinski definition) is 3. The number of hydrogen-bond donors (Lipinski definition) is 2. The fourth-order valence-electron chi connectivity index (χ4n) is 2.24. The number of benzene rings is 1. The highest BCUT2D eigenvalue weighted by Gasteiger charge is 2.18. The SMILES string of the molecule is COc1ccc(C(=O)NC2C=C(C(N)=O)CCC2)cc1. The van der Waals surface area contributed by atoms with E-state index in [0.29, 0.717) is 23.3 Å². The molecule has 0 aliphatic heterocycles. The molecule has 5 heteroatoms. The molecular formula is C15H18N2O3. The number of nitrogens with one attached hydrogen (secondary N) is 1. The summed E-state index contributed by atoms with van der Waals surface area (Å²) >= 11 is 0. The molecule has 1 atom stereocenters. The number of amides is 2. The highest BCUT2D eigenvalue weighted by Crippen LogP contribution is 2.18. The minimum absolute atomic E-state index is 0.138. The first-order chi connectivity index (χ1) is 9.60. The van der Waals surface area contributed by atoms with Crippen molar-refractivity contribution in [2.24, 2.45) is 5.73 Å². The summed E-state index contributed by atoms with van der Waals surface area (Å²) in [5.74, 6) is 0.128. The van der Waals surface area contributed by atoms with Gasteiger partial charge in [0.2, 0.25) is 5.91 Å². The molecule has 1 unspecified atom stereocenters. The van der Waals surface area contributed by atoms with Crippen LogP contribution in [0.3, 0.4) is 0 Å². The quantitative estimate of drug-likeness (QED) is 0.870. The Morgan fingerprint density at radius 1 is 1.30 bits per heavy atom. The lowest BCUT2D eigenvalue weighted by Gasteiger charge is -2.21. The van der Waals surface area contributed by atoms with Crippen molar-refractivity contribution < 1.29 is 14.3 Å². The molecule has 106 valence electrons. The van der Waals surface area contributed by atoms with Gasteiger partial charge in [-0.05, 0) is 43.5 Å². The van der Waals surface area contributed by atoms with Crippen LogP contribution in [0.5, 0.6) is 5.75 Å². The molecule has 1 aliphatic rings. The van der Waals surface area contributed by atoms with Gasteiger partial charge >= 0.3 is 0 Å². The van der Waals surface area contributed by atoms with E-state index < -0.39 is 5.91 Å². The first-order valence-corrected chi connectivity index (χ1v) is 6.55. The number of nitrogens with two attached hydrogens (primary N) is 1. The molecule has 0 bridgehead atoms. The molecule has 20 heavy (non-hydrogen) atoms. The van der Waals surface area contributed by atoms with E-state index in [4.69, 9.17) is 10.5 Å². The van der Waals surface area contributed by atoms with Crippen LogP contribution in [0, 0.1) is 0 Å². The van der Waals surface area contributed by atoms with Crippen molar-refractivity contribution in [2.45, 2.75) is 25.3 Å². The van der Waals surface area contributed by atoms with E-state index in [1.54, 1.807) is 37.5 Å². The zero-order valence-electron chi connectivity index (χ0n) is 11.4. The van der Waals surface area contributed by atoms with Crippen LogP contribution in [-0.2, 0) is 4.79 Å². The monoisotopic (exact) mass is 274 g/mol. The summed E-state index contributed by atoms with van der Waals surface area (Å²) in [7, 11) is 1.58. The van der Waals surface area contributed by atoms with Crippen LogP contribution in [-0.4, -0.2) is 25.0 Å². The molecular weight excluding hydrogens is 256 g/mol. The molecule has 0 aromatic heterocycles. The molecule has 0 heterocycles. The van der Waals surface area contributed by atoms with Crippen molar-refractivity contribution in [1.29, 1.82) is 0 Å². The number of ether oxygens (including phenoxy) is 1. The number of rotatable bonds is 4. The van der Waals surface area contributed by atoms with E-state index in [1.165, 1.54) is 0 Å². The molecule has 5 nitrogen and oxygen atoms in total. The summed E-state index contributed by atoms with van der Waals surface area (Å²) in [5.41, 5.74) is 6.42. The van der Waals surface area contributed by atoms with E-state index in [1.807, 2.05) is 0 Å². The van der Waals surface area contributed by atoms with Crippen LogP contribution >= 0.6 is 0 Å². The van der Waals surface area contributed by atoms with Gasteiger partial charge < -0.3 is 15.8 Å². The average Bonchev–Trinajstić information content (AvgIpc) is 2.47. The highest BCUT2D eigenvalue weighted by atomic mass is 16.5. The minimum atomic E-state index is -0.409. The second kappa shape index (κ2) is 6.23. The standard InChI is InChI=1S/C15H18N2O3/c1-20-13-7-5-10(6-8-13)15(19)17-12-4-2-3-11(9-12)14(16)18/h5-9,12H,2-4H2,1H3,(H2,16,18)(H,17,19). The Hall–Kier alpha value is -2.30. The fourth-order valence-corrected chi connectivity index (χ4v) is 2.24. The lowest BCUT2D eigenvalue weighted by molar-refractivity contribution is -0.114. The number of primary amides is 1. The molecule has 2 amide bonds. The van der Waals surface area contributed by atoms with Crippen LogP contribution in [0.2, 0.25) is 0 Å². The zero-order chi connectivity index (χ0) is 14.5. The predicted octanol–water partition coefficient (Wildman–Crippen LogP) is 1.39. The van der Waals surface area contributed by atoms with E-state index in [-0.39, 0.29) is 11.9 Å². The molecule has 1 aromatic carbocycles. The van der Waals surface area contributed by atoms with Gasteiger partial charge in [-0.3, -0.25) is 9.59 Å². The summed E-state index contributed by atoms with van der Waals surface area (Å²) < 4.78 is 5.05. The van der Waals surface area contributed by atoms with Crippen LogP contribution < -0.4 is 15.8 Å². The van der Waals surface area contributed by atoms with Crippen LogP contribution in [0.4, 0.5) is 0 Å². The van der Waals surface area contributed by atoms with Gasteiger partial charge in [-0.25, -0.2) is 0 Å². The van der Waals surface area contributed by atoms with Crippen LogP contribution in [0.1, 0.15) is 29.6 Å². The Bertz CT molecular complexity index is 535. The van der Waals surface area contributed by atoms with Crippen LogP contribution in [0.15, 0.2) is 35.9 Å². The van der Waals surface area contributed by atoms with Gasteiger partial charge in [-0.15, -0.1) is 0 Å². The Labute approximate surface area is 117 Å². The Balaban J connectivity index is 2.03. The summed E-state index contributed by atoms with van der Waals surface area (Å²) in [6.07, 6.45) is 4.11. The molecule has 0 radical (unpaired) electrons. The van der Waals surface area contributed by atoms with Crippen molar-refractivity contribution in [2.75, 3.05) is 7.11 Å². The maximum Gasteiger partial charge on any atom is 0.251 e. The largest absolute Gasteiger partial charge is 0.497 e.